The van der Waals surface area contributed by atoms with Crippen LogP contribution in [0.25, 0.3) is 0 Å². The Hall–Kier alpha value is -1.71. The molecular weight excluding hydrogens is 305 g/mol. The minimum absolute atomic E-state index is 0.0555. The molecule has 2 aliphatic carbocycles. The van der Waals surface area contributed by atoms with Crippen molar-refractivity contribution < 1.29 is 14.0 Å². The minimum Gasteiger partial charge on any atom is -0.353 e. The molecule has 24 heavy (non-hydrogen) atoms. The lowest BCUT2D eigenvalue weighted by molar-refractivity contribution is -0.122. The fourth-order valence-electron chi connectivity index (χ4n) is 4.70. The van der Waals surface area contributed by atoms with E-state index < -0.39 is 0 Å². The van der Waals surface area contributed by atoms with Gasteiger partial charge in [-0.25, -0.2) is 4.39 Å². The Kier molecular flexibility index (Phi) is 4.27. The SMILES string of the molecule is CC1(C)[C@H]2CC[C@@]1(C)[C@@H](NC(=O)CCC(=O)c1ccc(F)cc1)C2. The lowest BCUT2D eigenvalue weighted by Gasteiger charge is -2.39. The van der Waals surface area contributed by atoms with Crippen LogP contribution in [-0.2, 0) is 4.79 Å². The monoisotopic (exact) mass is 331 g/mol. The van der Waals surface area contributed by atoms with Crippen molar-refractivity contribution in [3.63, 3.8) is 0 Å². The number of hydrogen-bond donors (Lipinski definition) is 1. The number of benzene rings is 1. The summed E-state index contributed by atoms with van der Waals surface area (Å²) >= 11 is 0. The highest BCUT2D eigenvalue weighted by Crippen LogP contribution is 2.65. The van der Waals surface area contributed by atoms with Crippen LogP contribution in [0.3, 0.4) is 0 Å². The smallest absolute Gasteiger partial charge is 0.220 e. The van der Waals surface area contributed by atoms with E-state index in [-0.39, 0.29) is 47.2 Å². The van der Waals surface area contributed by atoms with Crippen LogP contribution in [0, 0.1) is 22.6 Å². The molecule has 130 valence electrons. The summed E-state index contributed by atoms with van der Waals surface area (Å²) in [5, 5.41) is 3.17. The molecule has 0 aliphatic heterocycles. The van der Waals surface area contributed by atoms with E-state index >= 15 is 0 Å². The molecule has 2 aliphatic rings. The molecule has 4 heteroatoms. The Labute approximate surface area is 143 Å². The molecule has 1 aromatic carbocycles. The van der Waals surface area contributed by atoms with Gasteiger partial charge in [0.15, 0.2) is 5.78 Å². The molecule has 0 unspecified atom stereocenters. The number of carbonyl (C=O) groups excluding carboxylic acids is 2. The van der Waals surface area contributed by atoms with E-state index in [4.69, 9.17) is 0 Å². The fourth-order valence-corrected chi connectivity index (χ4v) is 4.70. The zero-order chi connectivity index (χ0) is 17.5. The van der Waals surface area contributed by atoms with Crippen LogP contribution in [0.4, 0.5) is 4.39 Å². The molecular formula is C20H26FNO2. The van der Waals surface area contributed by atoms with Gasteiger partial charge in [0.2, 0.25) is 5.91 Å². The Morgan fingerprint density at radius 2 is 1.83 bits per heavy atom. The van der Waals surface area contributed by atoms with Gasteiger partial charge in [0, 0.05) is 24.4 Å². The van der Waals surface area contributed by atoms with Crippen molar-refractivity contribution in [1.29, 1.82) is 0 Å². The van der Waals surface area contributed by atoms with Gasteiger partial charge in [0.1, 0.15) is 5.82 Å². The number of nitrogens with one attached hydrogen (secondary N) is 1. The van der Waals surface area contributed by atoms with E-state index in [2.05, 4.69) is 26.1 Å². The number of hydrogen-bond acceptors (Lipinski definition) is 2. The molecule has 2 saturated carbocycles. The van der Waals surface area contributed by atoms with Crippen molar-refractivity contribution in [1.82, 2.24) is 5.32 Å². The van der Waals surface area contributed by atoms with Gasteiger partial charge in [-0.05, 0) is 60.3 Å². The first-order valence-electron chi connectivity index (χ1n) is 8.82. The van der Waals surface area contributed by atoms with Crippen molar-refractivity contribution >= 4 is 11.7 Å². The highest BCUT2D eigenvalue weighted by molar-refractivity contribution is 5.97. The molecule has 2 bridgehead atoms. The third-order valence-electron chi connectivity index (χ3n) is 6.87. The zero-order valence-electron chi connectivity index (χ0n) is 14.7. The molecule has 2 fully saturated rings. The standard InChI is InChI=1S/C20H26FNO2/c1-19(2)14-10-11-20(19,3)17(12-14)22-18(24)9-8-16(23)13-4-6-15(21)7-5-13/h4-7,14,17H,8-12H2,1-3H3,(H,22,24)/t14-,17-,20-/m0/s1. The number of halogens is 1. The van der Waals surface area contributed by atoms with E-state index in [1.807, 2.05) is 0 Å². The van der Waals surface area contributed by atoms with E-state index in [9.17, 15) is 14.0 Å². The Morgan fingerprint density at radius 3 is 2.38 bits per heavy atom. The summed E-state index contributed by atoms with van der Waals surface area (Å²) in [4.78, 5) is 24.4. The van der Waals surface area contributed by atoms with Crippen LogP contribution < -0.4 is 5.32 Å². The molecule has 3 nitrogen and oxygen atoms in total. The molecule has 1 aromatic rings. The predicted molar refractivity (Wildman–Crippen MR) is 91.1 cm³/mol. The first-order chi connectivity index (χ1) is 11.2. The first-order valence-corrected chi connectivity index (χ1v) is 8.82. The number of amides is 1. The Balaban J connectivity index is 1.54. The van der Waals surface area contributed by atoms with E-state index in [1.54, 1.807) is 0 Å². The van der Waals surface area contributed by atoms with Crippen LogP contribution in [0.15, 0.2) is 24.3 Å². The molecule has 0 radical (unpaired) electrons. The zero-order valence-corrected chi connectivity index (χ0v) is 14.7. The third-order valence-corrected chi connectivity index (χ3v) is 6.87. The van der Waals surface area contributed by atoms with Gasteiger partial charge < -0.3 is 5.32 Å². The maximum absolute atomic E-state index is 12.9. The summed E-state index contributed by atoms with van der Waals surface area (Å²) in [6, 6.07) is 5.68. The van der Waals surface area contributed by atoms with Crippen molar-refractivity contribution in [2.45, 2.75) is 58.9 Å². The summed E-state index contributed by atoms with van der Waals surface area (Å²) in [7, 11) is 0. The summed E-state index contributed by atoms with van der Waals surface area (Å²) in [6.45, 7) is 6.92. The molecule has 0 saturated heterocycles. The molecule has 0 aromatic heterocycles. The van der Waals surface area contributed by atoms with Gasteiger partial charge in [-0.2, -0.15) is 0 Å². The summed E-state index contributed by atoms with van der Waals surface area (Å²) in [5.41, 5.74) is 0.862. The molecule has 0 heterocycles. The van der Waals surface area contributed by atoms with Crippen molar-refractivity contribution in [2.75, 3.05) is 0 Å². The largest absolute Gasteiger partial charge is 0.353 e. The Morgan fingerprint density at radius 1 is 1.17 bits per heavy atom. The number of rotatable bonds is 5. The second kappa shape index (κ2) is 5.98. The van der Waals surface area contributed by atoms with Gasteiger partial charge in [-0.3, -0.25) is 9.59 Å². The maximum Gasteiger partial charge on any atom is 0.220 e. The Bertz CT molecular complexity index is 652. The lowest BCUT2D eigenvalue weighted by atomic mass is 9.69. The summed E-state index contributed by atoms with van der Waals surface area (Å²) in [6.07, 6.45) is 3.80. The average molecular weight is 331 g/mol. The van der Waals surface area contributed by atoms with Gasteiger partial charge in [-0.15, -0.1) is 0 Å². The van der Waals surface area contributed by atoms with Crippen molar-refractivity contribution in [3.8, 4) is 0 Å². The van der Waals surface area contributed by atoms with E-state index in [1.165, 1.54) is 30.7 Å². The second-order valence-corrected chi connectivity index (χ2v) is 8.16. The summed E-state index contributed by atoms with van der Waals surface area (Å²) < 4.78 is 12.9. The number of carbonyl (C=O) groups is 2. The number of fused-ring (bicyclic) bond motifs is 2. The average Bonchev–Trinajstić information content (AvgIpc) is 2.86. The molecule has 0 spiro atoms. The van der Waals surface area contributed by atoms with Gasteiger partial charge in [-0.1, -0.05) is 20.8 Å². The van der Waals surface area contributed by atoms with Crippen LogP contribution in [0.5, 0.6) is 0 Å². The molecule has 1 N–H and O–H groups in total. The molecule has 1 amide bonds. The maximum atomic E-state index is 12.9. The highest BCUT2D eigenvalue weighted by atomic mass is 19.1. The van der Waals surface area contributed by atoms with Crippen molar-refractivity contribution in [3.05, 3.63) is 35.6 Å². The van der Waals surface area contributed by atoms with Crippen LogP contribution in [0.1, 0.15) is 63.2 Å². The second-order valence-electron chi connectivity index (χ2n) is 8.16. The third kappa shape index (κ3) is 2.76. The van der Waals surface area contributed by atoms with E-state index in [0.29, 0.717) is 11.5 Å². The van der Waals surface area contributed by atoms with Crippen LogP contribution >= 0.6 is 0 Å². The summed E-state index contributed by atoms with van der Waals surface area (Å²) in [5.74, 6) is 0.134. The van der Waals surface area contributed by atoms with Crippen LogP contribution in [-0.4, -0.2) is 17.7 Å². The van der Waals surface area contributed by atoms with E-state index in [0.717, 1.165) is 12.8 Å². The van der Waals surface area contributed by atoms with Crippen molar-refractivity contribution in [2.24, 2.45) is 16.7 Å². The normalized spacial score (nSPS) is 30.3. The van der Waals surface area contributed by atoms with Gasteiger partial charge in [0.05, 0.1) is 0 Å². The molecule has 3 atom stereocenters. The van der Waals surface area contributed by atoms with Gasteiger partial charge >= 0.3 is 0 Å². The molecule has 3 rings (SSSR count). The first kappa shape index (κ1) is 17.1. The quantitative estimate of drug-likeness (QED) is 0.825. The predicted octanol–water partition coefficient (Wildman–Crippen LogP) is 4.12. The minimum atomic E-state index is -0.364. The lowest BCUT2D eigenvalue weighted by Crippen LogP contribution is -2.46. The number of Topliss-reactive ketones (excluding diaryl/α,β-unsaturated/α-hetero) is 1. The van der Waals surface area contributed by atoms with Crippen LogP contribution in [0.2, 0.25) is 0 Å². The fraction of sp³-hybridized carbons (Fsp3) is 0.600. The topological polar surface area (TPSA) is 46.2 Å². The highest BCUT2D eigenvalue weighted by Gasteiger charge is 2.61. The number of ketones is 1. The van der Waals surface area contributed by atoms with Gasteiger partial charge in [0.25, 0.3) is 0 Å².